The van der Waals surface area contributed by atoms with Crippen LogP contribution in [-0.2, 0) is 10.0 Å². The molecule has 0 N–H and O–H groups in total. The fourth-order valence-corrected chi connectivity index (χ4v) is 5.28. The molecule has 110 valence electrons. The van der Waals surface area contributed by atoms with Crippen LogP contribution < -0.4 is 0 Å². The van der Waals surface area contributed by atoms with Crippen LogP contribution in [0.25, 0.3) is 11.0 Å². The summed E-state index contributed by atoms with van der Waals surface area (Å²) in [6.45, 7) is 1.68. The fourth-order valence-electron chi connectivity index (χ4n) is 2.30. The van der Waals surface area contributed by atoms with Gasteiger partial charge in [-0.1, -0.05) is 33.6 Å². The molecule has 1 atom stereocenters. The van der Waals surface area contributed by atoms with Crippen molar-refractivity contribution in [2.45, 2.75) is 18.1 Å². The molecule has 0 aromatic carbocycles. The summed E-state index contributed by atoms with van der Waals surface area (Å²) in [6, 6.07) is 5.35. The van der Waals surface area contributed by atoms with E-state index in [1.165, 1.54) is 3.97 Å². The van der Waals surface area contributed by atoms with Crippen molar-refractivity contribution in [1.29, 1.82) is 0 Å². The maximum absolute atomic E-state index is 13.1. The van der Waals surface area contributed by atoms with Gasteiger partial charge in [-0.2, -0.15) is 0 Å². The third kappa shape index (κ3) is 2.17. The van der Waals surface area contributed by atoms with Gasteiger partial charge in [-0.25, -0.2) is 17.4 Å². The van der Waals surface area contributed by atoms with Crippen LogP contribution in [0.1, 0.15) is 13.3 Å². The zero-order chi connectivity index (χ0) is 15.3. The minimum Gasteiger partial charge on any atom is -0.237 e. The average Bonchev–Trinajstić information content (AvgIpc) is 2.87. The van der Waals surface area contributed by atoms with Crippen molar-refractivity contribution in [2.75, 3.05) is 0 Å². The van der Waals surface area contributed by atoms with Crippen molar-refractivity contribution in [3.63, 3.8) is 0 Å². The van der Waals surface area contributed by atoms with Crippen molar-refractivity contribution in [1.82, 2.24) is 8.96 Å². The van der Waals surface area contributed by atoms with E-state index in [9.17, 15) is 8.42 Å². The molecule has 0 saturated carbocycles. The lowest BCUT2D eigenvalue weighted by Crippen LogP contribution is -2.40. The summed E-state index contributed by atoms with van der Waals surface area (Å²) in [4.78, 5) is 4.18. The summed E-state index contributed by atoms with van der Waals surface area (Å²) in [7, 11) is -3.68. The smallest absolute Gasteiger partial charge is 0.237 e. The van der Waals surface area contributed by atoms with E-state index in [4.69, 9.17) is 11.6 Å². The molecule has 2 heterocycles. The molecule has 1 aliphatic carbocycles. The predicted molar refractivity (Wildman–Crippen MR) is 88.0 cm³/mol. The Labute approximate surface area is 136 Å². The van der Waals surface area contributed by atoms with Crippen LogP contribution in [0.3, 0.4) is 0 Å². The normalized spacial score (nSPS) is 23.0. The Balaban J connectivity index is 2.20. The summed E-state index contributed by atoms with van der Waals surface area (Å²) in [6.07, 6.45) is 6.76. The summed E-state index contributed by atoms with van der Waals surface area (Å²) >= 11 is 9.31. The Bertz CT molecular complexity index is 885. The number of rotatable bonds is 2. The van der Waals surface area contributed by atoms with E-state index in [0.717, 1.165) is 5.39 Å². The van der Waals surface area contributed by atoms with E-state index in [2.05, 4.69) is 20.9 Å². The topological polar surface area (TPSA) is 52.0 Å². The van der Waals surface area contributed by atoms with Crippen LogP contribution in [-0.4, -0.2) is 22.1 Å². The summed E-state index contributed by atoms with van der Waals surface area (Å²) in [5.41, 5.74) is 0.430. The van der Waals surface area contributed by atoms with Crippen molar-refractivity contribution in [2.24, 2.45) is 0 Å². The number of hydrogen-bond acceptors (Lipinski definition) is 3. The van der Waals surface area contributed by atoms with Crippen molar-refractivity contribution in [3.8, 4) is 0 Å². The summed E-state index contributed by atoms with van der Waals surface area (Å²) < 4.78 is 26.8. The van der Waals surface area contributed by atoms with E-state index in [1.54, 1.807) is 43.6 Å². The molecule has 0 spiro atoms. The first-order chi connectivity index (χ1) is 9.86. The quantitative estimate of drug-likeness (QED) is 0.788. The van der Waals surface area contributed by atoms with Gasteiger partial charge in [0.15, 0.2) is 5.65 Å². The predicted octanol–water partition coefficient (Wildman–Crippen LogP) is 3.78. The SMILES string of the molecule is CC1(S(=O)(=O)n2ccc3cccnc32)CC=C(Cl)C=C1Br. The highest BCUT2D eigenvalue weighted by atomic mass is 79.9. The monoisotopic (exact) mass is 386 g/mol. The van der Waals surface area contributed by atoms with Crippen LogP contribution in [0.4, 0.5) is 0 Å². The van der Waals surface area contributed by atoms with Gasteiger partial charge >= 0.3 is 0 Å². The Morgan fingerprint density at radius 1 is 1.43 bits per heavy atom. The second-order valence-electron chi connectivity index (χ2n) is 5.05. The van der Waals surface area contributed by atoms with E-state index >= 15 is 0 Å². The first kappa shape index (κ1) is 14.8. The number of aromatic nitrogens is 2. The van der Waals surface area contributed by atoms with Gasteiger partial charge in [0, 0.05) is 27.3 Å². The van der Waals surface area contributed by atoms with Crippen LogP contribution in [0.15, 0.2) is 52.3 Å². The third-order valence-corrected chi connectivity index (χ3v) is 7.67. The van der Waals surface area contributed by atoms with E-state index < -0.39 is 14.8 Å². The number of pyridine rings is 1. The second-order valence-corrected chi connectivity index (χ2v) is 8.58. The van der Waals surface area contributed by atoms with Crippen molar-refractivity contribution < 1.29 is 8.42 Å². The molecule has 4 nitrogen and oxygen atoms in total. The van der Waals surface area contributed by atoms with Gasteiger partial charge in [0.2, 0.25) is 0 Å². The molecule has 21 heavy (non-hydrogen) atoms. The minimum absolute atomic E-state index is 0.303. The molecule has 7 heteroatoms. The Kier molecular flexibility index (Phi) is 3.50. The van der Waals surface area contributed by atoms with Gasteiger partial charge in [-0.05, 0) is 37.6 Å². The average molecular weight is 388 g/mol. The zero-order valence-corrected chi connectivity index (χ0v) is 14.3. The molecule has 0 saturated heterocycles. The maximum Gasteiger partial charge on any atom is 0.250 e. The first-order valence-corrected chi connectivity index (χ1v) is 8.88. The highest BCUT2D eigenvalue weighted by Crippen LogP contribution is 2.41. The van der Waals surface area contributed by atoms with Crippen LogP contribution in [0, 0.1) is 0 Å². The van der Waals surface area contributed by atoms with Gasteiger partial charge in [0.05, 0.1) is 0 Å². The van der Waals surface area contributed by atoms with Crippen LogP contribution >= 0.6 is 27.5 Å². The molecule has 1 unspecified atom stereocenters. The molecule has 0 fully saturated rings. The lowest BCUT2D eigenvalue weighted by atomic mass is 10.0. The van der Waals surface area contributed by atoms with Gasteiger partial charge in [0.25, 0.3) is 10.0 Å². The number of allylic oxidation sites excluding steroid dienone is 3. The molecule has 0 radical (unpaired) electrons. The Morgan fingerprint density at radius 3 is 2.90 bits per heavy atom. The zero-order valence-electron chi connectivity index (χ0n) is 11.1. The first-order valence-electron chi connectivity index (χ1n) is 6.27. The summed E-state index contributed by atoms with van der Waals surface area (Å²) in [5, 5.41) is 1.32. The molecule has 0 amide bonds. The largest absolute Gasteiger partial charge is 0.250 e. The second kappa shape index (κ2) is 4.97. The fraction of sp³-hybridized carbons (Fsp3) is 0.214. The lowest BCUT2D eigenvalue weighted by molar-refractivity contribution is 0.553. The highest BCUT2D eigenvalue weighted by molar-refractivity contribution is 9.12. The maximum atomic E-state index is 13.1. The van der Waals surface area contributed by atoms with Gasteiger partial charge in [-0.15, -0.1) is 0 Å². The number of hydrogen-bond donors (Lipinski definition) is 0. The third-order valence-electron chi connectivity index (χ3n) is 3.70. The lowest BCUT2D eigenvalue weighted by Gasteiger charge is -2.30. The van der Waals surface area contributed by atoms with E-state index in [-0.39, 0.29) is 0 Å². The van der Waals surface area contributed by atoms with Gasteiger partial charge in [-0.3, -0.25) is 0 Å². The number of halogens is 2. The molecule has 2 aromatic rings. The minimum atomic E-state index is -3.68. The Morgan fingerprint density at radius 2 is 2.19 bits per heavy atom. The summed E-state index contributed by atoms with van der Waals surface area (Å²) in [5.74, 6) is 0. The Hall–Kier alpha value is -1.11. The van der Waals surface area contributed by atoms with Crippen LogP contribution in [0.2, 0.25) is 0 Å². The standard InChI is InChI=1S/C14H12BrClN2O2S/c1-14(6-4-11(16)9-12(14)15)21(19,20)18-8-5-10-3-2-7-17-13(10)18/h2-5,7-9H,6H2,1H3. The van der Waals surface area contributed by atoms with E-state index in [0.29, 0.717) is 21.6 Å². The molecule has 2 aromatic heterocycles. The van der Waals surface area contributed by atoms with Gasteiger partial charge in [0.1, 0.15) is 4.75 Å². The molecule has 0 bridgehead atoms. The highest BCUT2D eigenvalue weighted by Gasteiger charge is 2.44. The number of fused-ring (bicyclic) bond motifs is 1. The van der Waals surface area contributed by atoms with Crippen molar-refractivity contribution >= 4 is 48.6 Å². The van der Waals surface area contributed by atoms with Gasteiger partial charge < -0.3 is 0 Å². The molecule has 0 aliphatic heterocycles. The number of nitrogens with zero attached hydrogens (tertiary/aromatic N) is 2. The molecular formula is C14H12BrClN2O2S. The van der Waals surface area contributed by atoms with Crippen LogP contribution in [0.5, 0.6) is 0 Å². The molecule has 1 aliphatic rings. The van der Waals surface area contributed by atoms with E-state index in [1.807, 2.05) is 6.07 Å². The molecular weight excluding hydrogens is 376 g/mol. The van der Waals surface area contributed by atoms with Crippen molar-refractivity contribution in [3.05, 3.63) is 52.3 Å². The molecule has 3 rings (SSSR count).